The Morgan fingerprint density at radius 3 is 2.93 bits per heavy atom. The van der Waals surface area contributed by atoms with Crippen molar-refractivity contribution in [3.63, 3.8) is 0 Å². The predicted octanol–water partition coefficient (Wildman–Crippen LogP) is 0.646. The van der Waals surface area contributed by atoms with E-state index in [1.54, 1.807) is 12.1 Å². The van der Waals surface area contributed by atoms with Gasteiger partial charge in [0.05, 0.1) is 6.61 Å². The number of hydrogen-bond acceptors (Lipinski definition) is 4. The molecule has 0 unspecified atom stereocenters. The number of sulfonamides is 1. The van der Waals surface area contributed by atoms with Crippen LogP contribution in [-0.4, -0.2) is 21.1 Å². The molecule has 0 aromatic heterocycles. The summed E-state index contributed by atoms with van der Waals surface area (Å²) in [6.07, 6.45) is 1.70. The first-order chi connectivity index (χ1) is 7.15. The van der Waals surface area contributed by atoms with Gasteiger partial charge in [0.1, 0.15) is 10.6 Å². The van der Waals surface area contributed by atoms with E-state index in [0.717, 1.165) is 11.6 Å². The van der Waals surface area contributed by atoms with Crippen molar-refractivity contribution in [2.24, 2.45) is 4.40 Å². The van der Waals surface area contributed by atoms with Gasteiger partial charge in [0.2, 0.25) is 0 Å². The number of fused-ring (bicyclic) bond motifs is 1. The van der Waals surface area contributed by atoms with Crippen molar-refractivity contribution >= 4 is 16.1 Å². The van der Waals surface area contributed by atoms with E-state index in [4.69, 9.17) is 4.74 Å². The second-order valence-electron chi connectivity index (χ2n) is 3.00. The van der Waals surface area contributed by atoms with Gasteiger partial charge in [0, 0.05) is 6.42 Å². The van der Waals surface area contributed by atoms with Crippen LogP contribution < -0.4 is 4.74 Å². The van der Waals surface area contributed by atoms with Gasteiger partial charge in [-0.25, -0.2) is 4.79 Å². The zero-order valence-corrected chi connectivity index (χ0v) is 8.45. The Morgan fingerprint density at radius 2 is 2.20 bits per heavy atom. The Morgan fingerprint density at radius 1 is 1.40 bits per heavy atom. The molecule has 0 N–H and O–H groups in total. The van der Waals surface area contributed by atoms with E-state index in [-0.39, 0.29) is 4.90 Å². The molecule has 0 atom stereocenters. The Balaban J connectivity index is 2.65. The molecular formula is C9H7NO4S. The summed E-state index contributed by atoms with van der Waals surface area (Å²) in [7, 11) is -3.96. The van der Waals surface area contributed by atoms with E-state index in [2.05, 4.69) is 4.40 Å². The largest absolute Gasteiger partial charge is 0.492 e. The Bertz CT molecular complexity index is 543. The van der Waals surface area contributed by atoms with Crippen LogP contribution in [-0.2, 0) is 21.2 Å². The third-order valence-corrected chi connectivity index (χ3v) is 3.31. The third kappa shape index (κ3) is 1.65. The summed E-state index contributed by atoms with van der Waals surface area (Å²) >= 11 is 0. The Labute approximate surface area is 86.5 Å². The van der Waals surface area contributed by atoms with Crippen molar-refractivity contribution in [3.8, 4) is 5.75 Å². The van der Waals surface area contributed by atoms with Crippen LogP contribution in [0.15, 0.2) is 27.5 Å². The first-order valence-corrected chi connectivity index (χ1v) is 5.68. The normalized spacial score (nSPS) is 13.9. The van der Waals surface area contributed by atoms with Crippen LogP contribution in [0.1, 0.15) is 5.56 Å². The lowest BCUT2D eigenvalue weighted by atomic mass is 10.2. The molecule has 1 aromatic rings. The third-order valence-electron chi connectivity index (χ3n) is 2.11. The van der Waals surface area contributed by atoms with Gasteiger partial charge in [-0.05, 0) is 11.6 Å². The SMILES string of the molecule is O=C=NS(=O)(=O)c1cccc2c1OCC2. The maximum Gasteiger partial charge on any atom is 0.296 e. The molecule has 78 valence electrons. The highest BCUT2D eigenvalue weighted by molar-refractivity contribution is 7.90. The number of nitrogens with zero attached hydrogens (tertiary/aromatic N) is 1. The molecule has 1 aliphatic heterocycles. The molecule has 0 saturated carbocycles. The summed E-state index contributed by atoms with van der Waals surface area (Å²) < 4.78 is 30.9. The smallest absolute Gasteiger partial charge is 0.296 e. The van der Waals surface area contributed by atoms with Gasteiger partial charge in [-0.2, -0.15) is 8.42 Å². The fourth-order valence-corrected chi connectivity index (χ4v) is 2.36. The van der Waals surface area contributed by atoms with E-state index in [9.17, 15) is 13.2 Å². The van der Waals surface area contributed by atoms with E-state index in [1.807, 2.05) is 0 Å². The van der Waals surface area contributed by atoms with Gasteiger partial charge < -0.3 is 4.74 Å². The van der Waals surface area contributed by atoms with Crippen molar-refractivity contribution in [1.82, 2.24) is 0 Å². The number of ether oxygens (including phenoxy) is 1. The molecule has 5 nitrogen and oxygen atoms in total. The Hall–Kier alpha value is -1.65. The standard InChI is InChI=1S/C9H7NO4S/c11-6-10-15(12,13)8-3-1-2-7-4-5-14-9(7)8/h1-3H,4-5H2. The van der Waals surface area contributed by atoms with Crippen LogP contribution in [0, 0.1) is 0 Å². The van der Waals surface area contributed by atoms with E-state index in [0.29, 0.717) is 18.8 Å². The van der Waals surface area contributed by atoms with Crippen LogP contribution in [0.5, 0.6) is 5.75 Å². The quantitative estimate of drug-likeness (QED) is 0.547. The van der Waals surface area contributed by atoms with Crippen molar-refractivity contribution < 1.29 is 17.9 Å². The van der Waals surface area contributed by atoms with E-state index < -0.39 is 10.0 Å². The summed E-state index contributed by atoms with van der Waals surface area (Å²) in [6.45, 7) is 0.451. The lowest BCUT2D eigenvalue weighted by Gasteiger charge is -2.03. The van der Waals surface area contributed by atoms with Crippen molar-refractivity contribution in [2.45, 2.75) is 11.3 Å². The molecule has 0 amide bonds. The minimum atomic E-state index is -3.96. The highest BCUT2D eigenvalue weighted by Crippen LogP contribution is 2.33. The average Bonchev–Trinajstić information content (AvgIpc) is 2.64. The van der Waals surface area contributed by atoms with Crippen LogP contribution in [0.25, 0.3) is 0 Å². The molecule has 0 radical (unpaired) electrons. The van der Waals surface area contributed by atoms with Gasteiger partial charge in [-0.1, -0.05) is 16.5 Å². The monoisotopic (exact) mass is 225 g/mol. The molecule has 1 heterocycles. The predicted molar refractivity (Wildman–Crippen MR) is 50.9 cm³/mol. The van der Waals surface area contributed by atoms with Crippen LogP contribution in [0.3, 0.4) is 0 Å². The van der Waals surface area contributed by atoms with E-state index >= 15 is 0 Å². The second-order valence-corrected chi connectivity index (χ2v) is 4.57. The lowest BCUT2D eigenvalue weighted by molar-refractivity contribution is 0.348. The van der Waals surface area contributed by atoms with Gasteiger partial charge in [-0.3, -0.25) is 0 Å². The molecule has 2 rings (SSSR count). The molecule has 6 heteroatoms. The number of hydrogen-bond donors (Lipinski definition) is 0. The van der Waals surface area contributed by atoms with Crippen LogP contribution in [0.4, 0.5) is 0 Å². The van der Waals surface area contributed by atoms with Crippen molar-refractivity contribution in [2.75, 3.05) is 6.61 Å². The summed E-state index contributed by atoms with van der Waals surface area (Å²) in [5, 5.41) is 0. The average molecular weight is 225 g/mol. The van der Waals surface area contributed by atoms with Gasteiger partial charge >= 0.3 is 0 Å². The highest BCUT2D eigenvalue weighted by atomic mass is 32.2. The molecular weight excluding hydrogens is 218 g/mol. The minimum absolute atomic E-state index is 0.0687. The first-order valence-electron chi connectivity index (χ1n) is 4.24. The van der Waals surface area contributed by atoms with E-state index in [1.165, 1.54) is 6.07 Å². The summed E-state index contributed by atoms with van der Waals surface area (Å²) in [5.74, 6) is 0.302. The summed E-state index contributed by atoms with van der Waals surface area (Å²) in [6, 6.07) is 4.74. The number of rotatable bonds is 2. The molecule has 0 aliphatic carbocycles. The Kier molecular flexibility index (Phi) is 2.30. The molecule has 0 fully saturated rings. The number of isocyanates is 1. The fourth-order valence-electron chi connectivity index (χ4n) is 1.49. The lowest BCUT2D eigenvalue weighted by Crippen LogP contribution is -1.99. The minimum Gasteiger partial charge on any atom is -0.492 e. The topological polar surface area (TPSA) is 72.8 Å². The van der Waals surface area contributed by atoms with Crippen molar-refractivity contribution in [1.29, 1.82) is 0 Å². The molecule has 0 saturated heterocycles. The van der Waals surface area contributed by atoms with Crippen LogP contribution in [0.2, 0.25) is 0 Å². The highest BCUT2D eigenvalue weighted by Gasteiger charge is 2.24. The number of carbonyl (C=O) groups excluding carboxylic acids is 1. The summed E-state index contributed by atoms with van der Waals surface area (Å²) in [4.78, 5) is 9.91. The van der Waals surface area contributed by atoms with Crippen LogP contribution >= 0.6 is 0 Å². The van der Waals surface area contributed by atoms with Crippen molar-refractivity contribution in [3.05, 3.63) is 23.8 Å². The first kappa shape index (κ1) is 9.89. The summed E-state index contributed by atoms with van der Waals surface area (Å²) in [5.41, 5.74) is 0.817. The molecule has 1 aromatic carbocycles. The van der Waals surface area contributed by atoms with Gasteiger partial charge in [-0.15, -0.1) is 0 Å². The second kappa shape index (κ2) is 3.49. The zero-order chi connectivity index (χ0) is 10.9. The molecule has 15 heavy (non-hydrogen) atoms. The van der Waals surface area contributed by atoms with Gasteiger partial charge in [0.15, 0.2) is 0 Å². The molecule has 1 aliphatic rings. The molecule has 0 bridgehead atoms. The maximum atomic E-state index is 11.5. The number of benzene rings is 1. The van der Waals surface area contributed by atoms with Gasteiger partial charge in [0.25, 0.3) is 16.1 Å². The fraction of sp³-hybridized carbons (Fsp3) is 0.222. The maximum absolute atomic E-state index is 11.5. The number of para-hydroxylation sites is 1. The molecule has 0 spiro atoms. The zero-order valence-electron chi connectivity index (χ0n) is 7.63.